The molecule has 1 aromatic rings. The van der Waals surface area contributed by atoms with Gasteiger partial charge in [-0.1, -0.05) is 20.8 Å². The number of hydrogen-bond acceptors (Lipinski definition) is 3. The van der Waals surface area contributed by atoms with E-state index in [2.05, 4.69) is 20.8 Å². The van der Waals surface area contributed by atoms with Crippen molar-refractivity contribution < 1.29 is 15.0 Å². The van der Waals surface area contributed by atoms with Crippen molar-refractivity contribution in [2.75, 3.05) is 0 Å². The molecule has 0 amide bonds. The van der Waals surface area contributed by atoms with Crippen LogP contribution < -0.4 is 0 Å². The summed E-state index contributed by atoms with van der Waals surface area (Å²) in [6.45, 7) is 6.21. The topological polar surface area (TPSA) is 57.5 Å². The molecule has 1 rings (SSSR count). The van der Waals surface area contributed by atoms with Crippen molar-refractivity contribution >= 4 is 17.3 Å². The summed E-state index contributed by atoms with van der Waals surface area (Å²) in [6, 6.07) is 1.79. The minimum Gasteiger partial charge on any atom is -0.481 e. The van der Waals surface area contributed by atoms with Crippen LogP contribution in [0.4, 0.5) is 0 Å². The Morgan fingerprint density at radius 3 is 2.62 bits per heavy atom. The molecule has 1 heterocycles. The first-order valence-electron chi connectivity index (χ1n) is 5.25. The molecule has 2 N–H and O–H groups in total. The van der Waals surface area contributed by atoms with E-state index in [0.717, 1.165) is 10.4 Å². The van der Waals surface area contributed by atoms with Gasteiger partial charge >= 0.3 is 5.97 Å². The monoisotopic (exact) mass is 242 g/mol. The molecule has 0 aliphatic heterocycles. The molecular weight excluding hydrogens is 224 g/mol. The second-order valence-electron chi connectivity index (χ2n) is 5.21. The summed E-state index contributed by atoms with van der Waals surface area (Å²) in [7, 11) is 0. The standard InChI is InChI=1S/C12H18O3S/c1-12(2,3)6-9(13)10-4-8(7-16-10)5-11(14)15/h4,7,9,13H,5-6H2,1-3H3,(H,14,15). The Morgan fingerprint density at radius 2 is 2.12 bits per heavy atom. The summed E-state index contributed by atoms with van der Waals surface area (Å²) in [6.07, 6.45) is 0.214. The summed E-state index contributed by atoms with van der Waals surface area (Å²) in [4.78, 5) is 11.4. The molecule has 90 valence electrons. The van der Waals surface area contributed by atoms with Gasteiger partial charge in [0.2, 0.25) is 0 Å². The van der Waals surface area contributed by atoms with Crippen LogP contribution >= 0.6 is 11.3 Å². The molecule has 1 aromatic heterocycles. The van der Waals surface area contributed by atoms with E-state index in [-0.39, 0.29) is 11.8 Å². The van der Waals surface area contributed by atoms with E-state index in [9.17, 15) is 9.90 Å². The van der Waals surface area contributed by atoms with E-state index in [1.807, 2.05) is 0 Å². The average Bonchev–Trinajstić information content (AvgIpc) is 2.48. The highest BCUT2D eigenvalue weighted by Gasteiger charge is 2.19. The maximum absolute atomic E-state index is 10.5. The van der Waals surface area contributed by atoms with Crippen molar-refractivity contribution in [1.82, 2.24) is 0 Å². The van der Waals surface area contributed by atoms with Gasteiger partial charge in [0.15, 0.2) is 0 Å². The first kappa shape index (κ1) is 13.2. The number of carboxylic acid groups (broad SMARTS) is 1. The van der Waals surface area contributed by atoms with Gasteiger partial charge in [0.1, 0.15) is 0 Å². The molecule has 1 atom stereocenters. The van der Waals surface area contributed by atoms with Crippen molar-refractivity contribution in [3.63, 3.8) is 0 Å². The highest BCUT2D eigenvalue weighted by Crippen LogP contribution is 2.32. The Bertz CT molecular complexity index is 363. The molecule has 4 heteroatoms. The smallest absolute Gasteiger partial charge is 0.307 e. The number of thiophene rings is 1. The van der Waals surface area contributed by atoms with Crippen LogP contribution in [-0.2, 0) is 11.2 Å². The lowest BCUT2D eigenvalue weighted by atomic mass is 9.89. The lowest BCUT2D eigenvalue weighted by molar-refractivity contribution is -0.136. The van der Waals surface area contributed by atoms with Crippen LogP contribution in [-0.4, -0.2) is 16.2 Å². The average molecular weight is 242 g/mol. The largest absolute Gasteiger partial charge is 0.481 e. The second kappa shape index (κ2) is 4.97. The molecule has 0 radical (unpaired) electrons. The van der Waals surface area contributed by atoms with E-state index in [1.54, 1.807) is 11.4 Å². The van der Waals surface area contributed by atoms with Gasteiger partial charge < -0.3 is 10.2 Å². The SMILES string of the molecule is CC(C)(C)CC(O)c1cc(CC(=O)O)cs1. The molecular formula is C12H18O3S. The predicted molar refractivity (Wildman–Crippen MR) is 64.7 cm³/mol. The molecule has 0 spiro atoms. The van der Waals surface area contributed by atoms with Crippen LogP contribution in [0.3, 0.4) is 0 Å². The number of aliphatic carboxylic acids is 1. The maximum atomic E-state index is 10.5. The third-order valence-corrected chi connectivity index (χ3v) is 3.25. The third kappa shape index (κ3) is 4.33. The van der Waals surface area contributed by atoms with Crippen molar-refractivity contribution in [3.8, 4) is 0 Å². The second-order valence-corrected chi connectivity index (χ2v) is 6.15. The van der Waals surface area contributed by atoms with E-state index >= 15 is 0 Å². The zero-order valence-electron chi connectivity index (χ0n) is 9.86. The minimum absolute atomic E-state index is 0.0265. The van der Waals surface area contributed by atoms with Crippen LogP contribution in [0.2, 0.25) is 0 Å². The van der Waals surface area contributed by atoms with Crippen molar-refractivity contribution in [3.05, 3.63) is 21.9 Å². The Kier molecular flexibility index (Phi) is 4.10. The van der Waals surface area contributed by atoms with Crippen LogP contribution in [0.5, 0.6) is 0 Å². The molecule has 0 aromatic carbocycles. The zero-order valence-corrected chi connectivity index (χ0v) is 10.7. The number of carbonyl (C=O) groups is 1. The van der Waals surface area contributed by atoms with Crippen LogP contribution in [0.25, 0.3) is 0 Å². The fourth-order valence-electron chi connectivity index (χ4n) is 1.52. The molecule has 3 nitrogen and oxygen atoms in total. The van der Waals surface area contributed by atoms with Gasteiger partial charge in [-0.05, 0) is 28.8 Å². The fraction of sp³-hybridized carbons (Fsp3) is 0.583. The van der Waals surface area contributed by atoms with E-state index in [0.29, 0.717) is 6.42 Å². The fourth-order valence-corrected chi connectivity index (χ4v) is 2.42. The Morgan fingerprint density at radius 1 is 1.50 bits per heavy atom. The Labute approximate surface area is 99.7 Å². The summed E-state index contributed by atoms with van der Waals surface area (Å²) in [5, 5.41) is 20.4. The van der Waals surface area contributed by atoms with Crippen LogP contribution in [0.1, 0.15) is 43.7 Å². The van der Waals surface area contributed by atoms with Crippen LogP contribution in [0.15, 0.2) is 11.4 Å². The molecule has 0 fully saturated rings. The quantitative estimate of drug-likeness (QED) is 0.853. The molecule has 0 aliphatic rings. The first-order valence-corrected chi connectivity index (χ1v) is 6.13. The highest BCUT2D eigenvalue weighted by atomic mass is 32.1. The number of aliphatic hydroxyl groups is 1. The van der Waals surface area contributed by atoms with Crippen molar-refractivity contribution in [2.45, 2.75) is 39.7 Å². The number of hydrogen-bond donors (Lipinski definition) is 2. The molecule has 0 bridgehead atoms. The van der Waals surface area contributed by atoms with E-state index in [1.165, 1.54) is 11.3 Å². The van der Waals surface area contributed by atoms with Gasteiger partial charge in [-0.15, -0.1) is 11.3 Å². The van der Waals surface area contributed by atoms with Gasteiger partial charge in [-0.25, -0.2) is 0 Å². The summed E-state index contributed by atoms with van der Waals surface area (Å²) in [5.41, 5.74) is 0.830. The van der Waals surface area contributed by atoms with E-state index in [4.69, 9.17) is 5.11 Å². The zero-order chi connectivity index (χ0) is 12.3. The van der Waals surface area contributed by atoms with Gasteiger partial charge in [-0.3, -0.25) is 4.79 Å². The normalized spacial score (nSPS) is 13.8. The number of aliphatic hydroxyl groups excluding tert-OH is 1. The molecule has 1 unspecified atom stereocenters. The molecule has 0 saturated carbocycles. The molecule has 0 aliphatic carbocycles. The predicted octanol–water partition coefficient (Wildman–Crippen LogP) is 2.84. The number of rotatable bonds is 4. The summed E-state index contributed by atoms with van der Waals surface area (Å²) in [5.74, 6) is -0.838. The number of carboxylic acids is 1. The third-order valence-electron chi connectivity index (χ3n) is 2.16. The molecule has 16 heavy (non-hydrogen) atoms. The summed E-state index contributed by atoms with van der Waals surface area (Å²) >= 11 is 1.43. The van der Waals surface area contributed by atoms with Crippen molar-refractivity contribution in [2.24, 2.45) is 5.41 Å². The van der Waals surface area contributed by atoms with Gasteiger partial charge in [-0.2, -0.15) is 0 Å². The lowest BCUT2D eigenvalue weighted by Crippen LogP contribution is -2.10. The lowest BCUT2D eigenvalue weighted by Gasteiger charge is -2.21. The summed E-state index contributed by atoms with van der Waals surface area (Å²) < 4.78 is 0. The Hall–Kier alpha value is -0.870. The van der Waals surface area contributed by atoms with Crippen LogP contribution in [0, 0.1) is 5.41 Å². The van der Waals surface area contributed by atoms with Gasteiger partial charge in [0.25, 0.3) is 0 Å². The highest BCUT2D eigenvalue weighted by molar-refractivity contribution is 7.10. The maximum Gasteiger partial charge on any atom is 0.307 e. The van der Waals surface area contributed by atoms with Gasteiger partial charge in [0, 0.05) is 4.88 Å². The van der Waals surface area contributed by atoms with Crippen molar-refractivity contribution in [1.29, 1.82) is 0 Å². The van der Waals surface area contributed by atoms with Gasteiger partial charge in [0.05, 0.1) is 12.5 Å². The van der Waals surface area contributed by atoms with E-state index < -0.39 is 12.1 Å². The minimum atomic E-state index is -0.838. The first-order chi connectivity index (χ1) is 7.28. The Balaban J connectivity index is 2.66. The molecule has 0 saturated heterocycles.